The maximum atomic E-state index is 14.6. The molecule has 1 aliphatic rings. The molecule has 8 rings (SSSR count). The van der Waals surface area contributed by atoms with Gasteiger partial charge in [0.25, 0.3) is 11.5 Å². The fourth-order valence-corrected chi connectivity index (χ4v) is 8.40. The molecule has 1 N–H and O–H groups in total. The van der Waals surface area contributed by atoms with Crippen LogP contribution in [0.2, 0.25) is 0 Å². The molecule has 0 aliphatic carbocycles. The van der Waals surface area contributed by atoms with E-state index in [2.05, 4.69) is 54.1 Å². The first kappa shape index (κ1) is 35.5. The van der Waals surface area contributed by atoms with Crippen molar-refractivity contribution in [3.63, 3.8) is 0 Å². The lowest BCUT2D eigenvalue weighted by molar-refractivity contribution is 0.0614. The number of benzene rings is 5. The number of aliphatic imine (C=N–C) groups is 1. The van der Waals surface area contributed by atoms with Crippen molar-refractivity contribution in [1.82, 2.24) is 18.6 Å². The molecule has 0 fully saturated rings. The zero-order valence-electron chi connectivity index (χ0n) is 31.7. The molecule has 9 nitrogen and oxygen atoms in total. The monoisotopic (exact) mass is 729 g/mol. The predicted molar refractivity (Wildman–Crippen MR) is 219 cm³/mol. The zero-order chi connectivity index (χ0) is 38.5. The van der Waals surface area contributed by atoms with Gasteiger partial charge in [-0.1, -0.05) is 90.5 Å². The number of aromatic hydroxyl groups is 1. The number of hydrogen-bond acceptors (Lipinski definition) is 5. The van der Waals surface area contributed by atoms with Crippen molar-refractivity contribution >= 4 is 33.4 Å². The summed E-state index contributed by atoms with van der Waals surface area (Å²) in [5.41, 5.74) is 7.01. The highest BCUT2D eigenvalue weighted by atomic mass is 16.3. The number of carbonyl (C=O) groups is 1. The van der Waals surface area contributed by atoms with Gasteiger partial charge in [-0.15, -0.1) is 0 Å². The minimum absolute atomic E-state index is 0.0430. The highest BCUT2D eigenvalue weighted by Crippen LogP contribution is 2.44. The number of rotatable bonds is 8. The molecule has 9 heteroatoms. The molecule has 1 amide bonds. The van der Waals surface area contributed by atoms with E-state index < -0.39 is 23.2 Å². The van der Waals surface area contributed by atoms with Crippen molar-refractivity contribution < 1.29 is 9.90 Å². The molecule has 0 saturated carbocycles. The molecule has 0 saturated heterocycles. The number of aromatic nitrogens is 3. The van der Waals surface area contributed by atoms with E-state index >= 15 is 0 Å². The van der Waals surface area contributed by atoms with Gasteiger partial charge in [0.15, 0.2) is 0 Å². The number of para-hydroxylation sites is 1. The van der Waals surface area contributed by atoms with Crippen LogP contribution in [0, 0.1) is 13.8 Å². The molecule has 2 aromatic heterocycles. The van der Waals surface area contributed by atoms with Gasteiger partial charge in [0.05, 0.1) is 11.7 Å². The standard InChI is InChI=1S/C46H43N5O4/c1-28-19-21-38(29(2)25-28)51-45(54)41(44(53)49(5)46(51)55)30(3)47-27-37-33-15-9-10-17-35(33)43(52)50(24-23-31-13-7-6-8-14-31)42(37)32-20-22-40-36(26-32)34-16-11-12-18-39(34)48(40)4/h6-22,25-26,37,42,53H,23-24,27H2,1-5H3/t37-,42+/m1/s1. The van der Waals surface area contributed by atoms with E-state index in [4.69, 9.17) is 4.99 Å². The molecular formula is C46H43N5O4. The van der Waals surface area contributed by atoms with Gasteiger partial charge in [0.1, 0.15) is 5.56 Å². The van der Waals surface area contributed by atoms with E-state index in [1.54, 1.807) is 13.0 Å². The Balaban J connectivity index is 1.28. The third-order valence-electron chi connectivity index (χ3n) is 11.2. The summed E-state index contributed by atoms with van der Waals surface area (Å²) in [6.45, 7) is 6.18. The van der Waals surface area contributed by atoms with E-state index in [0.717, 1.165) is 58.8 Å². The van der Waals surface area contributed by atoms with E-state index in [1.807, 2.05) is 85.5 Å². The van der Waals surface area contributed by atoms with Crippen molar-refractivity contribution in [2.45, 2.75) is 39.2 Å². The number of hydrogen-bond donors (Lipinski definition) is 1. The van der Waals surface area contributed by atoms with Crippen LogP contribution in [0.15, 0.2) is 130 Å². The van der Waals surface area contributed by atoms with Gasteiger partial charge in [-0.3, -0.25) is 19.1 Å². The van der Waals surface area contributed by atoms with E-state index in [1.165, 1.54) is 7.05 Å². The largest absolute Gasteiger partial charge is 0.494 e. The number of carbonyl (C=O) groups excluding carboxylic acids is 1. The maximum absolute atomic E-state index is 14.6. The molecule has 0 radical (unpaired) electrons. The van der Waals surface area contributed by atoms with Gasteiger partial charge in [0.2, 0.25) is 5.88 Å². The fraction of sp³-hybridized carbons (Fsp3) is 0.217. The predicted octanol–water partition coefficient (Wildman–Crippen LogP) is 7.54. The van der Waals surface area contributed by atoms with Crippen LogP contribution in [0.4, 0.5) is 0 Å². The molecule has 0 unspecified atom stereocenters. The molecule has 0 spiro atoms. The van der Waals surface area contributed by atoms with Crippen molar-refractivity contribution in [3.05, 3.63) is 175 Å². The highest BCUT2D eigenvalue weighted by Gasteiger charge is 2.40. The minimum atomic E-state index is -0.649. The zero-order valence-corrected chi connectivity index (χ0v) is 31.7. The lowest BCUT2D eigenvalue weighted by Crippen LogP contribution is -2.44. The van der Waals surface area contributed by atoms with Crippen LogP contribution in [0.3, 0.4) is 0 Å². The second-order valence-corrected chi connectivity index (χ2v) is 14.6. The molecule has 3 heterocycles. The third kappa shape index (κ3) is 6.06. The Kier molecular flexibility index (Phi) is 9.09. The molecule has 55 heavy (non-hydrogen) atoms. The molecule has 276 valence electrons. The fourth-order valence-electron chi connectivity index (χ4n) is 8.40. The second-order valence-electron chi connectivity index (χ2n) is 14.6. The summed E-state index contributed by atoms with van der Waals surface area (Å²) in [7, 11) is 3.51. The third-order valence-corrected chi connectivity index (χ3v) is 11.2. The van der Waals surface area contributed by atoms with E-state index in [-0.39, 0.29) is 23.9 Å². The van der Waals surface area contributed by atoms with Crippen LogP contribution >= 0.6 is 0 Å². The normalized spacial score (nSPS) is 15.9. The number of amides is 1. The van der Waals surface area contributed by atoms with Crippen molar-refractivity contribution in [1.29, 1.82) is 0 Å². The topological polar surface area (TPSA) is 102 Å². The Hall–Kier alpha value is -6.48. The summed E-state index contributed by atoms with van der Waals surface area (Å²) >= 11 is 0. The van der Waals surface area contributed by atoms with Crippen LogP contribution in [0.25, 0.3) is 27.5 Å². The number of nitrogens with zero attached hydrogens (tertiary/aromatic N) is 5. The minimum Gasteiger partial charge on any atom is -0.494 e. The Morgan fingerprint density at radius 1 is 0.764 bits per heavy atom. The van der Waals surface area contributed by atoms with Gasteiger partial charge < -0.3 is 14.6 Å². The Morgan fingerprint density at radius 3 is 2.25 bits per heavy atom. The van der Waals surface area contributed by atoms with Crippen LogP contribution in [0.1, 0.15) is 62.6 Å². The van der Waals surface area contributed by atoms with E-state index in [0.29, 0.717) is 29.9 Å². The molecule has 1 aliphatic heterocycles. The first-order chi connectivity index (χ1) is 26.5. The van der Waals surface area contributed by atoms with Crippen molar-refractivity contribution in [3.8, 4) is 11.6 Å². The molecule has 5 aromatic carbocycles. The summed E-state index contributed by atoms with van der Waals surface area (Å²) < 4.78 is 4.38. The SMILES string of the molecule is CC(=NC[C@@H]1c2ccccc2C(=O)N(CCc2ccccc2)[C@H]1c1ccc2c(c1)c1ccccc1n2C)c1c(O)n(C)c(=O)n(-c2ccc(C)cc2C)c1=O. The first-order valence-electron chi connectivity index (χ1n) is 18.6. The van der Waals surface area contributed by atoms with E-state index in [9.17, 15) is 19.5 Å². The summed E-state index contributed by atoms with van der Waals surface area (Å²) in [4.78, 5) is 49.2. The first-order valence-corrected chi connectivity index (χ1v) is 18.6. The summed E-state index contributed by atoms with van der Waals surface area (Å²) in [5, 5.41) is 13.5. The highest BCUT2D eigenvalue weighted by molar-refractivity contribution is 6.08. The Morgan fingerprint density at radius 2 is 1.47 bits per heavy atom. The van der Waals surface area contributed by atoms with Crippen LogP contribution in [0.5, 0.6) is 5.88 Å². The van der Waals surface area contributed by atoms with Gasteiger partial charge in [0, 0.05) is 66.2 Å². The van der Waals surface area contributed by atoms with Gasteiger partial charge in [-0.05, 0) is 79.8 Å². The molecule has 0 bridgehead atoms. The summed E-state index contributed by atoms with van der Waals surface area (Å²) in [5.74, 6) is -0.791. The van der Waals surface area contributed by atoms with Crippen LogP contribution in [-0.4, -0.2) is 48.4 Å². The lowest BCUT2D eigenvalue weighted by atomic mass is 9.79. The molecular weight excluding hydrogens is 687 g/mol. The maximum Gasteiger partial charge on any atom is 0.338 e. The summed E-state index contributed by atoms with van der Waals surface area (Å²) in [6, 6.07) is 37.8. The average Bonchev–Trinajstić information content (AvgIpc) is 3.48. The van der Waals surface area contributed by atoms with Gasteiger partial charge in [-0.2, -0.15) is 0 Å². The smallest absolute Gasteiger partial charge is 0.338 e. The van der Waals surface area contributed by atoms with Crippen molar-refractivity contribution in [2.75, 3.05) is 13.1 Å². The van der Waals surface area contributed by atoms with Gasteiger partial charge in [-0.25, -0.2) is 9.36 Å². The molecule has 7 aromatic rings. The summed E-state index contributed by atoms with van der Waals surface area (Å²) in [6.07, 6.45) is 0.667. The number of aryl methyl sites for hydroxylation is 3. The second kappa shape index (κ2) is 14.1. The quantitative estimate of drug-likeness (QED) is 0.164. The number of fused-ring (bicyclic) bond motifs is 4. The van der Waals surface area contributed by atoms with Crippen LogP contribution in [-0.2, 0) is 20.5 Å². The van der Waals surface area contributed by atoms with Crippen LogP contribution < -0.4 is 11.2 Å². The Labute approximate surface area is 319 Å². The molecule has 2 atom stereocenters. The Bertz CT molecular complexity index is 2790. The average molecular weight is 730 g/mol. The lowest BCUT2D eigenvalue weighted by Gasteiger charge is -2.42. The van der Waals surface area contributed by atoms with Gasteiger partial charge >= 0.3 is 5.69 Å². The van der Waals surface area contributed by atoms with Crippen molar-refractivity contribution in [2.24, 2.45) is 19.1 Å².